The Balaban J connectivity index is 1.20. The van der Waals surface area contributed by atoms with E-state index in [-0.39, 0.29) is 17.5 Å². The average molecular weight is 359 g/mol. The molecule has 4 rings (SSSR count). The maximum Gasteiger partial charge on any atom is 0.312 e. The quantitative estimate of drug-likeness (QED) is 0.808. The van der Waals surface area contributed by atoms with E-state index in [4.69, 9.17) is 9.47 Å². The molecular weight excluding hydrogens is 330 g/mol. The fourth-order valence-corrected chi connectivity index (χ4v) is 4.49. The maximum absolute atomic E-state index is 12.4. The van der Waals surface area contributed by atoms with Gasteiger partial charge in [-0.2, -0.15) is 0 Å². The highest BCUT2D eigenvalue weighted by Crippen LogP contribution is 2.41. The smallest absolute Gasteiger partial charge is 0.312 e. The first-order chi connectivity index (χ1) is 12.7. The highest BCUT2D eigenvalue weighted by molar-refractivity contribution is 5.79. The van der Waals surface area contributed by atoms with E-state index in [9.17, 15) is 4.79 Å². The fourth-order valence-electron chi connectivity index (χ4n) is 4.49. The van der Waals surface area contributed by atoms with Crippen molar-refractivity contribution in [1.29, 1.82) is 0 Å². The van der Waals surface area contributed by atoms with Crippen LogP contribution in [0.1, 0.15) is 37.8 Å². The molecule has 0 bridgehead atoms. The van der Waals surface area contributed by atoms with Gasteiger partial charge in [0.05, 0.1) is 23.8 Å². The molecule has 142 valence electrons. The number of carbonyl (C=O) groups is 1. The number of pyridine rings is 1. The van der Waals surface area contributed by atoms with Gasteiger partial charge in [0.2, 0.25) is 0 Å². The lowest BCUT2D eigenvalue weighted by atomic mass is 9.76. The summed E-state index contributed by atoms with van der Waals surface area (Å²) in [6.45, 7) is 5.34. The molecule has 0 aliphatic carbocycles. The van der Waals surface area contributed by atoms with E-state index in [2.05, 4.69) is 15.2 Å². The number of hydrogen-bond donors (Lipinski definition) is 1. The summed E-state index contributed by atoms with van der Waals surface area (Å²) in [5.41, 5.74) is 0.778. The number of hydrogen-bond acceptors (Lipinski definition) is 6. The highest BCUT2D eigenvalue weighted by atomic mass is 16.6. The largest absolute Gasteiger partial charge is 0.461 e. The van der Waals surface area contributed by atoms with Crippen molar-refractivity contribution >= 4 is 5.97 Å². The van der Waals surface area contributed by atoms with Crippen LogP contribution in [-0.2, 0) is 20.9 Å². The zero-order valence-electron chi connectivity index (χ0n) is 15.4. The first-order valence-corrected chi connectivity index (χ1v) is 9.89. The molecule has 1 atom stereocenters. The van der Waals surface area contributed by atoms with Gasteiger partial charge in [0.25, 0.3) is 0 Å². The summed E-state index contributed by atoms with van der Waals surface area (Å²) in [5.74, 6) is 0.0394. The summed E-state index contributed by atoms with van der Waals surface area (Å²) >= 11 is 0. The van der Waals surface area contributed by atoms with Gasteiger partial charge in [0.15, 0.2) is 0 Å². The molecule has 0 aromatic carbocycles. The fraction of sp³-hybridized carbons (Fsp3) is 0.700. The number of aromatic nitrogens is 1. The van der Waals surface area contributed by atoms with Crippen molar-refractivity contribution in [2.75, 3.05) is 32.7 Å². The highest BCUT2D eigenvalue weighted by Gasteiger charge is 2.49. The Labute approximate surface area is 155 Å². The Morgan fingerprint density at radius 3 is 2.81 bits per heavy atom. The summed E-state index contributed by atoms with van der Waals surface area (Å²) in [6, 6.07) is 5.91. The molecule has 6 nitrogen and oxygen atoms in total. The van der Waals surface area contributed by atoms with E-state index < -0.39 is 0 Å². The summed E-state index contributed by atoms with van der Waals surface area (Å²) in [4.78, 5) is 19.1. The number of likely N-dealkylation sites (tertiary alicyclic amines) is 1. The maximum atomic E-state index is 12.4. The third-order valence-corrected chi connectivity index (χ3v) is 6.08. The molecule has 0 radical (unpaired) electrons. The van der Waals surface area contributed by atoms with E-state index in [0.717, 1.165) is 70.5 Å². The number of rotatable bonds is 5. The summed E-state index contributed by atoms with van der Waals surface area (Å²) in [6.07, 6.45) is 6.97. The topological polar surface area (TPSA) is 63.7 Å². The van der Waals surface area contributed by atoms with Gasteiger partial charge in [-0.1, -0.05) is 6.07 Å². The van der Waals surface area contributed by atoms with Gasteiger partial charge in [-0.15, -0.1) is 0 Å². The van der Waals surface area contributed by atoms with Crippen LogP contribution in [0.25, 0.3) is 0 Å². The standard InChI is InChI=1S/C20H29N3O3/c24-19-20(6-9-21-10-7-20)13-18(26-19)14-23-11-4-17(5-12-23)25-15-16-3-1-2-8-22-16/h1-3,8,17-18,21H,4-7,9-15H2. The predicted molar refractivity (Wildman–Crippen MR) is 97.5 cm³/mol. The van der Waals surface area contributed by atoms with Crippen molar-refractivity contribution in [2.45, 2.75) is 50.9 Å². The van der Waals surface area contributed by atoms with Gasteiger partial charge in [0.1, 0.15) is 6.10 Å². The van der Waals surface area contributed by atoms with Crippen LogP contribution in [0.3, 0.4) is 0 Å². The molecule has 1 aromatic heterocycles. The molecule has 3 aliphatic heterocycles. The minimum atomic E-state index is -0.208. The van der Waals surface area contributed by atoms with Crippen LogP contribution in [0, 0.1) is 5.41 Å². The second-order valence-electron chi connectivity index (χ2n) is 7.89. The first kappa shape index (κ1) is 17.9. The molecule has 26 heavy (non-hydrogen) atoms. The van der Waals surface area contributed by atoms with Crippen LogP contribution < -0.4 is 5.32 Å². The van der Waals surface area contributed by atoms with Crippen molar-refractivity contribution in [3.05, 3.63) is 30.1 Å². The average Bonchev–Trinajstić information content (AvgIpc) is 2.97. The van der Waals surface area contributed by atoms with Crippen LogP contribution in [0.4, 0.5) is 0 Å². The molecule has 1 aromatic rings. The van der Waals surface area contributed by atoms with Crippen molar-refractivity contribution < 1.29 is 14.3 Å². The Bertz CT molecular complexity index is 596. The summed E-state index contributed by atoms with van der Waals surface area (Å²) in [7, 11) is 0. The summed E-state index contributed by atoms with van der Waals surface area (Å²) < 4.78 is 11.8. The molecule has 1 unspecified atom stereocenters. The monoisotopic (exact) mass is 359 g/mol. The van der Waals surface area contributed by atoms with E-state index in [0.29, 0.717) is 12.7 Å². The van der Waals surface area contributed by atoms with Crippen molar-refractivity contribution in [3.8, 4) is 0 Å². The Kier molecular flexibility index (Phi) is 5.52. The lowest BCUT2D eigenvalue weighted by molar-refractivity contribution is -0.150. The Morgan fingerprint density at radius 1 is 1.27 bits per heavy atom. The number of piperidine rings is 2. The normalized spacial score (nSPS) is 26.9. The number of nitrogens with one attached hydrogen (secondary N) is 1. The van der Waals surface area contributed by atoms with E-state index in [1.807, 2.05) is 18.2 Å². The lowest BCUT2D eigenvalue weighted by Gasteiger charge is -2.33. The number of esters is 1. The second kappa shape index (κ2) is 8.03. The van der Waals surface area contributed by atoms with Crippen LogP contribution in [-0.4, -0.2) is 60.8 Å². The number of carbonyl (C=O) groups excluding carboxylic acids is 1. The van der Waals surface area contributed by atoms with Gasteiger partial charge in [-0.3, -0.25) is 14.7 Å². The molecule has 4 heterocycles. The van der Waals surface area contributed by atoms with Gasteiger partial charge in [0, 0.05) is 32.3 Å². The molecular formula is C20H29N3O3. The number of cyclic esters (lactones) is 1. The molecule has 1 spiro atoms. The van der Waals surface area contributed by atoms with Gasteiger partial charge in [-0.05, 0) is 50.9 Å². The van der Waals surface area contributed by atoms with Gasteiger partial charge < -0.3 is 14.8 Å². The van der Waals surface area contributed by atoms with Crippen molar-refractivity contribution in [2.24, 2.45) is 5.41 Å². The van der Waals surface area contributed by atoms with Crippen LogP contribution >= 0.6 is 0 Å². The van der Waals surface area contributed by atoms with E-state index in [1.54, 1.807) is 6.20 Å². The SMILES string of the molecule is O=C1OC(CN2CCC(OCc3ccccn3)CC2)CC12CCNCC2. The number of ether oxygens (including phenoxy) is 2. The van der Waals surface area contributed by atoms with Crippen LogP contribution in [0.15, 0.2) is 24.4 Å². The van der Waals surface area contributed by atoms with Gasteiger partial charge >= 0.3 is 5.97 Å². The molecule has 3 saturated heterocycles. The van der Waals surface area contributed by atoms with Gasteiger partial charge in [-0.25, -0.2) is 0 Å². The van der Waals surface area contributed by atoms with Crippen molar-refractivity contribution in [1.82, 2.24) is 15.2 Å². The predicted octanol–water partition coefficient (Wildman–Crippen LogP) is 1.75. The lowest BCUT2D eigenvalue weighted by Crippen LogP contribution is -2.41. The Morgan fingerprint density at radius 2 is 2.08 bits per heavy atom. The third kappa shape index (κ3) is 4.08. The van der Waals surface area contributed by atoms with E-state index in [1.165, 1.54) is 0 Å². The molecule has 1 N–H and O–H groups in total. The zero-order chi connectivity index (χ0) is 17.8. The zero-order valence-corrected chi connectivity index (χ0v) is 15.4. The second-order valence-corrected chi connectivity index (χ2v) is 7.89. The first-order valence-electron chi connectivity index (χ1n) is 9.89. The third-order valence-electron chi connectivity index (χ3n) is 6.08. The molecule has 0 amide bonds. The van der Waals surface area contributed by atoms with E-state index >= 15 is 0 Å². The summed E-state index contributed by atoms with van der Waals surface area (Å²) in [5, 5.41) is 3.34. The molecule has 3 fully saturated rings. The minimum absolute atomic E-state index is 0.0394. The van der Waals surface area contributed by atoms with Crippen molar-refractivity contribution in [3.63, 3.8) is 0 Å². The van der Waals surface area contributed by atoms with Crippen LogP contribution in [0.2, 0.25) is 0 Å². The van der Waals surface area contributed by atoms with Crippen LogP contribution in [0.5, 0.6) is 0 Å². The molecule has 3 aliphatic rings. The molecule has 0 saturated carbocycles. The number of nitrogens with zero attached hydrogens (tertiary/aromatic N) is 2. The minimum Gasteiger partial charge on any atom is -0.461 e. The Hall–Kier alpha value is -1.50. The molecule has 6 heteroatoms.